The summed E-state index contributed by atoms with van der Waals surface area (Å²) in [4.78, 5) is 10.3. The number of carbonyl (C=O) groups is 1. The number of allylic oxidation sites excluding steroid dienone is 1. The van der Waals surface area contributed by atoms with E-state index in [1.54, 1.807) is 30.3 Å². The molecule has 1 N–H and O–H groups in total. The Bertz CT molecular complexity index is 334. The van der Waals surface area contributed by atoms with Crippen LogP contribution in [0.15, 0.2) is 42.7 Å². The molecular weight excluding hydrogens is 164 g/mol. The van der Waals surface area contributed by atoms with Gasteiger partial charge < -0.3 is 5.11 Å². The summed E-state index contributed by atoms with van der Waals surface area (Å²) in [5.74, 6) is 0.0134. The SMILES string of the molecule is C=C(O)/C=C/c1ccc(C=O)cc1. The Kier molecular flexibility index (Phi) is 3.03. The minimum atomic E-state index is 0.0134. The molecule has 1 aromatic carbocycles. The first-order valence-corrected chi connectivity index (χ1v) is 3.83. The molecule has 0 aliphatic rings. The fourth-order valence-corrected chi connectivity index (χ4v) is 0.878. The molecule has 0 spiro atoms. The van der Waals surface area contributed by atoms with Crippen LogP contribution in [-0.2, 0) is 0 Å². The van der Waals surface area contributed by atoms with E-state index in [9.17, 15) is 4.79 Å². The van der Waals surface area contributed by atoms with Crippen molar-refractivity contribution in [3.8, 4) is 0 Å². The van der Waals surface area contributed by atoms with E-state index in [-0.39, 0.29) is 5.76 Å². The van der Waals surface area contributed by atoms with Gasteiger partial charge in [-0.05, 0) is 11.6 Å². The van der Waals surface area contributed by atoms with E-state index >= 15 is 0 Å². The maximum Gasteiger partial charge on any atom is 0.150 e. The third-order valence-corrected chi connectivity index (χ3v) is 1.54. The summed E-state index contributed by atoms with van der Waals surface area (Å²) in [5, 5.41) is 8.78. The van der Waals surface area contributed by atoms with Crippen LogP contribution in [-0.4, -0.2) is 11.4 Å². The van der Waals surface area contributed by atoms with E-state index in [2.05, 4.69) is 6.58 Å². The number of hydrogen-bond donors (Lipinski definition) is 1. The van der Waals surface area contributed by atoms with Crippen molar-refractivity contribution in [1.29, 1.82) is 0 Å². The number of aliphatic hydroxyl groups excluding tert-OH is 1. The average Bonchev–Trinajstić information content (AvgIpc) is 2.15. The molecule has 0 amide bonds. The van der Waals surface area contributed by atoms with Crippen LogP contribution in [0.5, 0.6) is 0 Å². The molecule has 2 heteroatoms. The fourth-order valence-electron chi connectivity index (χ4n) is 0.878. The van der Waals surface area contributed by atoms with Crippen molar-refractivity contribution in [3.63, 3.8) is 0 Å². The standard InChI is InChI=1S/C11H10O2/c1-9(13)2-3-10-4-6-11(8-12)7-5-10/h2-8,13H,1H2/b3-2+. The lowest BCUT2D eigenvalue weighted by molar-refractivity contribution is 0.112. The molecule has 1 rings (SSSR count). The normalized spacial score (nSPS) is 10.2. The molecule has 2 nitrogen and oxygen atoms in total. The first kappa shape index (κ1) is 9.26. The summed E-state index contributed by atoms with van der Waals surface area (Å²) >= 11 is 0. The van der Waals surface area contributed by atoms with Crippen LogP contribution in [0.1, 0.15) is 15.9 Å². The lowest BCUT2D eigenvalue weighted by Crippen LogP contribution is -1.78. The van der Waals surface area contributed by atoms with Gasteiger partial charge in [0.25, 0.3) is 0 Å². The summed E-state index contributed by atoms with van der Waals surface area (Å²) in [6.45, 7) is 3.32. The molecule has 0 aliphatic heterocycles. The Morgan fingerprint density at radius 1 is 1.23 bits per heavy atom. The predicted molar refractivity (Wildman–Crippen MR) is 52.6 cm³/mol. The zero-order valence-electron chi connectivity index (χ0n) is 7.10. The molecule has 0 aromatic heterocycles. The maximum atomic E-state index is 10.3. The minimum absolute atomic E-state index is 0.0134. The summed E-state index contributed by atoms with van der Waals surface area (Å²) in [5.41, 5.74) is 1.56. The number of rotatable bonds is 3. The summed E-state index contributed by atoms with van der Waals surface area (Å²) in [7, 11) is 0. The van der Waals surface area contributed by atoms with Crippen LogP contribution in [0.2, 0.25) is 0 Å². The molecule has 0 radical (unpaired) electrons. The van der Waals surface area contributed by atoms with Crippen LogP contribution < -0.4 is 0 Å². The molecule has 1 aromatic rings. The van der Waals surface area contributed by atoms with Gasteiger partial charge in [-0.15, -0.1) is 0 Å². The number of hydrogen-bond acceptors (Lipinski definition) is 2. The van der Waals surface area contributed by atoms with E-state index in [0.29, 0.717) is 5.56 Å². The Balaban J connectivity index is 2.80. The molecule has 66 valence electrons. The molecule has 0 atom stereocenters. The monoisotopic (exact) mass is 174 g/mol. The van der Waals surface area contributed by atoms with Crippen LogP contribution in [0.25, 0.3) is 6.08 Å². The van der Waals surface area contributed by atoms with Crippen molar-refractivity contribution in [3.05, 3.63) is 53.8 Å². The Morgan fingerprint density at radius 3 is 2.23 bits per heavy atom. The molecule has 0 fully saturated rings. The maximum absolute atomic E-state index is 10.3. The average molecular weight is 174 g/mol. The highest BCUT2D eigenvalue weighted by molar-refractivity contribution is 5.75. The molecule has 0 bridgehead atoms. The molecule has 0 aliphatic carbocycles. The second-order valence-corrected chi connectivity index (χ2v) is 2.61. The molecule has 13 heavy (non-hydrogen) atoms. The largest absolute Gasteiger partial charge is 0.509 e. The zero-order chi connectivity index (χ0) is 9.68. The van der Waals surface area contributed by atoms with Crippen LogP contribution in [0, 0.1) is 0 Å². The Hall–Kier alpha value is -1.83. The third-order valence-electron chi connectivity index (χ3n) is 1.54. The number of aldehydes is 1. The van der Waals surface area contributed by atoms with Crippen molar-refractivity contribution >= 4 is 12.4 Å². The lowest BCUT2D eigenvalue weighted by Gasteiger charge is -1.93. The predicted octanol–water partition coefficient (Wildman–Crippen LogP) is 2.58. The van der Waals surface area contributed by atoms with Gasteiger partial charge in [0.1, 0.15) is 12.0 Å². The van der Waals surface area contributed by atoms with Gasteiger partial charge in [0.2, 0.25) is 0 Å². The fraction of sp³-hybridized carbons (Fsp3) is 0. The van der Waals surface area contributed by atoms with E-state index < -0.39 is 0 Å². The smallest absolute Gasteiger partial charge is 0.150 e. The van der Waals surface area contributed by atoms with E-state index in [4.69, 9.17) is 5.11 Å². The topological polar surface area (TPSA) is 37.3 Å². The van der Waals surface area contributed by atoms with Gasteiger partial charge in [-0.25, -0.2) is 0 Å². The van der Waals surface area contributed by atoms with E-state index in [1.165, 1.54) is 6.08 Å². The van der Waals surface area contributed by atoms with Crippen LogP contribution in [0.4, 0.5) is 0 Å². The number of aliphatic hydroxyl groups is 1. The van der Waals surface area contributed by atoms with Crippen molar-refractivity contribution in [2.45, 2.75) is 0 Å². The van der Waals surface area contributed by atoms with E-state index in [1.807, 2.05) is 0 Å². The first-order chi connectivity index (χ1) is 6.22. The highest BCUT2D eigenvalue weighted by Gasteiger charge is 1.89. The molecular formula is C11H10O2. The van der Waals surface area contributed by atoms with Crippen molar-refractivity contribution in [2.24, 2.45) is 0 Å². The van der Waals surface area contributed by atoms with Crippen molar-refractivity contribution in [2.75, 3.05) is 0 Å². The van der Waals surface area contributed by atoms with Crippen molar-refractivity contribution < 1.29 is 9.90 Å². The summed E-state index contributed by atoms with van der Waals surface area (Å²) in [6.07, 6.45) is 4.01. The third kappa shape index (κ3) is 2.95. The zero-order valence-corrected chi connectivity index (χ0v) is 7.10. The quantitative estimate of drug-likeness (QED) is 0.434. The number of benzene rings is 1. The second kappa shape index (κ2) is 4.26. The van der Waals surface area contributed by atoms with Gasteiger partial charge in [0.05, 0.1) is 0 Å². The van der Waals surface area contributed by atoms with Gasteiger partial charge in [-0.3, -0.25) is 4.79 Å². The lowest BCUT2D eigenvalue weighted by atomic mass is 10.1. The minimum Gasteiger partial charge on any atom is -0.509 e. The molecule has 0 heterocycles. The van der Waals surface area contributed by atoms with Gasteiger partial charge in [-0.1, -0.05) is 36.9 Å². The molecule has 0 saturated carbocycles. The summed E-state index contributed by atoms with van der Waals surface area (Å²) < 4.78 is 0. The highest BCUT2D eigenvalue weighted by Crippen LogP contribution is 2.05. The molecule has 0 unspecified atom stereocenters. The second-order valence-electron chi connectivity index (χ2n) is 2.61. The van der Waals surface area contributed by atoms with Gasteiger partial charge >= 0.3 is 0 Å². The van der Waals surface area contributed by atoms with Gasteiger partial charge in [0, 0.05) is 5.56 Å². The Labute approximate surface area is 76.8 Å². The van der Waals surface area contributed by atoms with Crippen LogP contribution in [0.3, 0.4) is 0 Å². The van der Waals surface area contributed by atoms with Gasteiger partial charge in [0.15, 0.2) is 0 Å². The molecule has 0 saturated heterocycles. The van der Waals surface area contributed by atoms with Gasteiger partial charge in [-0.2, -0.15) is 0 Å². The van der Waals surface area contributed by atoms with Crippen molar-refractivity contribution in [1.82, 2.24) is 0 Å². The van der Waals surface area contributed by atoms with Crippen LogP contribution >= 0.6 is 0 Å². The Morgan fingerprint density at radius 2 is 1.77 bits per heavy atom. The van der Waals surface area contributed by atoms with E-state index in [0.717, 1.165) is 11.8 Å². The first-order valence-electron chi connectivity index (χ1n) is 3.83. The summed E-state index contributed by atoms with van der Waals surface area (Å²) in [6, 6.07) is 7.02. The highest BCUT2D eigenvalue weighted by atomic mass is 16.3. The number of carbonyl (C=O) groups excluding carboxylic acids is 1.